The molecule has 0 unspecified atom stereocenters. The standard InChI is InChI=1S/C6H10N2O/c1-3-6(7)8-4-5(2)9/h8H,1,4,7H2,2H3. The summed E-state index contributed by atoms with van der Waals surface area (Å²) in [6.07, 6.45) is 0. The molecule has 0 atom stereocenters. The lowest BCUT2D eigenvalue weighted by atomic mass is 10.4. The number of carbonyl (C=O) groups excluding carboxylic acids is 1. The molecule has 0 aromatic rings. The van der Waals surface area contributed by atoms with E-state index in [9.17, 15) is 4.79 Å². The van der Waals surface area contributed by atoms with Crippen molar-refractivity contribution in [1.29, 1.82) is 0 Å². The molecule has 0 aliphatic heterocycles. The van der Waals surface area contributed by atoms with Gasteiger partial charge in [0.1, 0.15) is 11.6 Å². The average molecular weight is 126 g/mol. The molecule has 9 heavy (non-hydrogen) atoms. The Labute approximate surface area is 54.2 Å². The van der Waals surface area contributed by atoms with Crippen LogP contribution in [0, 0.1) is 0 Å². The lowest BCUT2D eigenvalue weighted by Gasteiger charge is -1.98. The van der Waals surface area contributed by atoms with E-state index in [1.165, 1.54) is 6.92 Å². The Hall–Kier alpha value is -1.21. The molecule has 0 saturated carbocycles. The molecule has 0 saturated heterocycles. The molecule has 0 fully saturated rings. The second kappa shape index (κ2) is 3.75. The molecule has 0 radical (unpaired) electrons. The van der Waals surface area contributed by atoms with Crippen LogP contribution in [0.1, 0.15) is 6.92 Å². The van der Waals surface area contributed by atoms with Gasteiger partial charge in [-0.25, -0.2) is 0 Å². The van der Waals surface area contributed by atoms with E-state index in [4.69, 9.17) is 5.73 Å². The van der Waals surface area contributed by atoms with Crippen molar-refractivity contribution in [2.75, 3.05) is 6.54 Å². The first kappa shape index (κ1) is 7.79. The molecule has 0 aliphatic rings. The van der Waals surface area contributed by atoms with Gasteiger partial charge < -0.3 is 11.1 Å². The van der Waals surface area contributed by atoms with Crippen molar-refractivity contribution in [2.24, 2.45) is 5.73 Å². The van der Waals surface area contributed by atoms with E-state index in [-0.39, 0.29) is 12.3 Å². The van der Waals surface area contributed by atoms with Crippen molar-refractivity contribution in [2.45, 2.75) is 6.92 Å². The Bertz CT molecular complexity index is 156. The third-order valence-corrected chi connectivity index (χ3v) is 0.718. The highest BCUT2D eigenvalue weighted by Crippen LogP contribution is 1.69. The fourth-order valence-electron chi connectivity index (χ4n) is 0.282. The third-order valence-electron chi connectivity index (χ3n) is 0.718. The number of ketones is 1. The van der Waals surface area contributed by atoms with E-state index in [1.807, 2.05) is 0 Å². The molecule has 0 spiro atoms. The number of rotatable bonds is 3. The van der Waals surface area contributed by atoms with Gasteiger partial charge in [0, 0.05) is 0 Å². The van der Waals surface area contributed by atoms with E-state index in [2.05, 4.69) is 17.6 Å². The van der Waals surface area contributed by atoms with Crippen LogP contribution in [0.3, 0.4) is 0 Å². The van der Waals surface area contributed by atoms with Crippen LogP contribution in [0.4, 0.5) is 0 Å². The first-order chi connectivity index (χ1) is 4.16. The minimum Gasteiger partial charge on any atom is -0.379 e. The predicted molar refractivity (Wildman–Crippen MR) is 35.5 cm³/mol. The van der Waals surface area contributed by atoms with E-state index in [0.717, 1.165) is 0 Å². The summed E-state index contributed by atoms with van der Waals surface area (Å²) in [5.41, 5.74) is 7.60. The van der Waals surface area contributed by atoms with E-state index in [0.29, 0.717) is 5.82 Å². The summed E-state index contributed by atoms with van der Waals surface area (Å²) in [4.78, 5) is 10.3. The molecule has 50 valence electrons. The first-order valence-electron chi connectivity index (χ1n) is 2.55. The zero-order valence-electron chi connectivity index (χ0n) is 5.40. The van der Waals surface area contributed by atoms with Gasteiger partial charge in [-0.1, -0.05) is 12.3 Å². The number of nitrogens with two attached hydrogens (primary N) is 1. The zero-order valence-corrected chi connectivity index (χ0v) is 5.40. The summed E-state index contributed by atoms with van der Waals surface area (Å²) in [6, 6.07) is 0. The van der Waals surface area contributed by atoms with Crippen molar-refractivity contribution in [3.63, 3.8) is 0 Å². The predicted octanol–water partition coefficient (Wildman–Crippen LogP) is -0.250. The summed E-state index contributed by atoms with van der Waals surface area (Å²) in [6.45, 7) is 5.00. The number of Topliss-reactive ketones (excluding diaryl/α,β-unsaturated/α-hetero) is 1. The smallest absolute Gasteiger partial charge is 0.148 e. The van der Waals surface area contributed by atoms with Gasteiger partial charge in [0.25, 0.3) is 0 Å². The fraction of sp³-hybridized carbons (Fsp3) is 0.333. The van der Waals surface area contributed by atoms with E-state index < -0.39 is 0 Å². The number of hydrogen-bond donors (Lipinski definition) is 2. The molecule has 0 bridgehead atoms. The van der Waals surface area contributed by atoms with Gasteiger partial charge in [-0.15, -0.1) is 0 Å². The lowest BCUT2D eigenvalue weighted by Crippen LogP contribution is -2.24. The Kier molecular flexibility index (Phi) is 3.25. The Morgan fingerprint density at radius 2 is 2.44 bits per heavy atom. The van der Waals surface area contributed by atoms with Crippen molar-refractivity contribution >= 4 is 5.78 Å². The SMILES string of the molecule is C=C=C(N)NCC(C)=O. The number of hydrogen-bond acceptors (Lipinski definition) is 3. The maximum absolute atomic E-state index is 10.3. The summed E-state index contributed by atoms with van der Waals surface area (Å²) >= 11 is 0. The van der Waals surface area contributed by atoms with Crippen molar-refractivity contribution in [1.82, 2.24) is 5.32 Å². The quantitative estimate of drug-likeness (QED) is 0.513. The molecule has 0 amide bonds. The summed E-state index contributed by atoms with van der Waals surface area (Å²) in [5.74, 6) is 0.346. The van der Waals surface area contributed by atoms with Crippen LogP contribution in [0.15, 0.2) is 18.1 Å². The zero-order chi connectivity index (χ0) is 7.28. The Morgan fingerprint density at radius 3 is 2.78 bits per heavy atom. The van der Waals surface area contributed by atoms with Crippen LogP contribution in [-0.4, -0.2) is 12.3 Å². The van der Waals surface area contributed by atoms with E-state index in [1.54, 1.807) is 0 Å². The molecule has 3 N–H and O–H groups in total. The highest BCUT2D eigenvalue weighted by atomic mass is 16.1. The summed E-state index contributed by atoms with van der Waals surface area (Å²) < 4.78 is 0. The van der Waals surface area contributed by atoms with Crippen LogP contribution in [0.2, 0.25) is 0 Å². The molecule has 0 aliphatic carbocycles. The van der Waals surface area contributed by atoms with Crippen LogP contribution in [-0.2, 0) is 4.79 Å². The highest BCUT2D eigenvalue weighted by Gasteiger charge is 1.89. The maximum Gasteiger partial charge on any atom is 0.148 e. The first-order valence-corrected chi connectivity index (χ1v) is 2.55. The van der Waals surface area contributed by atoms with E-state index >= 15 is 0 Å². The maximum atomic E-state index is 10.3. The topological polar surface area (TPSA) is 55.1 Å². The molecule has 0 heterocycles. The highest BCUT2D eigenvalue weighted by molar-refractivity contribution is 5.77. The minimum atomic E-state index is 0.0354. The normalized spacial score (nSPS) is 7.67. The van der Waals surface area contributed by atoms with Crippen LogP contribution < -0.4 is 11.1 Å². The molecule has 0 aromatic heterocycles. The lowest BCUT2D eigenvalue weighted by molar-refractivity contribution is -0.116. The number of carbonyl (C=O) groups is 1. The van der Waals surface area contributed by atoms with Gasteiger partial charge in [-0.3, -0.25) is 4.79 Å². The third kappa shape index (κ3) is 4.65. The molecular formula is C6H10N2O. The Balaban J connectivity index is 3.52. The molecular weight excluding hydrogens is 116 g/mol. The molecule has 0 rings (SSSR count). The van der Waals surface area contributed by atoms with Gasteiger partial charge in [-0.05, 0) is 6.92 Å². The molecule has 0 aromatic carbocycles. The van der Waals surface area contributed by atoms with Gasteiger partial charge in [0.15, 0.2) is 0 Å². The second-order valence-electron chi connectivity index (χ2n) is 1.65. The average Bonchev–Trinajstić information content (AvgIpc) is 1.83. The Morgan fingerprint density at radius 1 is 1.89 bits per heavy atom. The fourth-order valence-corrected chi connectivity index (χ4v) is 0.282. The molecule has 3 heteroatoms. The van der Waals surface area contributed by atoms with Gasteiger partial charge in [0.05, 0.1) is 6.54 Å². The largest absolute Gasteiger partial charge is 0.379 e. The monoisotopic (exact) mass is 126 g/mol. The second-order valence-corrected chi connectivity index (χ2v) is 1.65. The van der Waals surface area contributed by atoms with Crippen molar-refractivity contribution < 1.29 is 4.79 Å². The number of nitrogens with one attached hydrogen (secondary N) is 1. The van der Waals surface area contributed by atoms with Crippen LogP contribution in [0.25, 0.3) is 0 Å². The van der Waals surface area contributed by atoms with Gasteiger partial charge in [0.2, 0.25) is 0 Å². The van der Waals surface area contributed by atoms with Crippen molar-refractivity contribution in [3.05, 3.63) is 18.1 Å². The van der Waals surface area contributed by atoms with Crippen molar-refractivity contribution in [3.8, 4) is 0 Å². The van der Waals surface area contributed by atoms with Crippen LogP contribution >= 0.6 is 0 Å². The van der Waals surface area contributed by atoms with Gasteiger partial charge >= 0.3 is 0 Å². The minimum absolute atomic E-state index is 0.0354. The summed E-state index contributed by atoms with van der Waals surface area (Å²) in [7, 11) is 0. The van der Waals surface area contributed by atoms with Gasteiger partial charge in [-0.2, -0.15) is 0 Å². The van der Waals surface area contributed by atoms with Crippen LogP contribution in [0.5, 0.6) is 0 Å². The molecule has 3 nitrogen and oxygen atoms in total. The summed E-state index contributed by atoms with van der Waals surface area (Å²) in [5, 5.41) is 2.60.